The molecule has 0 N–H and O–H groups in total. The van der Waals surface area contributed by atoms with E-state index >= 15 is 0 Å². The van der Waals surface area contributed by atoms with E-state index in [2.05, 4.69) is 39.9 Å². The number of morpholine rings is 1. The maximum absolute atomic E-state index is 13.3. The number of benzene rings is 2. The Kier molecular flexibility index (Phi) is 7.87. The van der Waals surface area contributed by atoms with Crippen LogP contribution in [0.4, 0.5) is 5.69 Å². The number of aryl methyl sites for hydroxylation is 1. The van der Waals surface area contributed by atoms with Crippen molar-refractivity contribution in [2.75, 3.05) is 64.5 Å². The molecule has 2 aliphatic rings. The zero-order valence-electron chi connectivity index (χ0n) is 21.6. The summed E-state index contributed by atoms with van der Waals surface area (Å²) in [7, 11) is 1.82. The van der Waals surface area contributed by atoms with Gasteiger partial charge in [-0.15, -0.1) is 0 Å². The predicted octanol–water partition coefficient (Wildman–Crippen LogP) is 3.99. The number of amides is 1. The number of carbonyl (C=O) groups is 1. The molecule has 1 amide bonds. The molecule has 1 aromatic heterocycles. The SMILES string of the molecule is Cc1cc(N2CCOCC2)ccc1CN1CCOc2ccccc2Oc2ncccc2C(=O)N(C)CC1. The summed E-state index contributed by atoms with van der Waals surface area (Å²) in [6, 6.07) is 17.7. The number of para-hydroxylation sites is 2. The van der Waals surface area contributed by atoms with Gasteiger partial charge in [-0.3, -0.25) is 9.69 Å². The molecule has 8 heteroatoms. The summed E-state index contributed by atoms with van der Waals surface area (Å²) in [5.41, 5.74) is 4.21. The number of carbonyl (C=O) groups excluding carboxylic acids is 1. The fourth-order valence-electron chi connectivity index (χ4n) is 4.66. The minimum Gasteiger partial charge on any atom is -0.488 e. The van der Waals surface area contributed by atoms with Gasteiger partial charge in [0.1, 0.15) is 12.2 Å². The summed E-state index contributed by atoms with van der Waals surface area (Å²) < 4.78 is 17.7. The summed E-state index contributed by atoms with van der Waals surface area (Å²) in [6.07, 6.45) is 1.63. The number of aromatic nitrogens is 1. The quantitative estimate of drug-likeness (QED) is 0.537. The van der Waals surface area contributed by atoms with E-state index in [-0.39, 0.29) is 11.8 Å². The van der Waals surface area contributed by atoms with Crippen LogP contribution in [0.25, 0.3) is 0 Å². The van der Waals surface area contributed by atoms with E-state index in [1.165, 1.54) is 16.8 Å². The van der Waals surface area contributed by atoms with Gasteiger partial charge in [0, 0.05) is 58.2 Å². The van der Waals surface area contributed by atoms with Gasteiger partial charge in [0.05, 0.1) is 13.2 Å². The molecule has 0 radical (unpaired) electrons. The molecule has 194 valence electrons. The Bertz CT molecular complexity index is 1230. The van der Waals surface area contributed by atoms with Crippen LogP contribution in [0.5, 0.6) is 17.4 Å². The highest BCUT2D eigenvalue weighted by Gasteiger charge is 2.21. The predicted molar refractivity (Wildman–Crippen MR) is 143 cm³/mol. The van der Waals surface area contributed by atoms with Gasteiger partial charge in [0.15, 0.2) is 11.5 Å². The first-order chi connectivity index (χ1) is 18.1. The van der Waals surface area contributed by atoms with Crippen molar-refractivity contribution in [2.45, 2.75) is 13.5 Å². The molecule has 0 spiro atoms. The van der Waals surface area contributed by atoms with Crippen molar-refractivity contribution in [2.24, 2.45) is 0 Å². The molecule has 0 bridgehead atoms. The van der Waals surface area contributed by atoms with Gasteiger partial charge in [-0.05, 0) is 54.4 Å². The van der Waals surface area contributed by atoms with Crippen LogP contribution < -0.4 is 14.4 Å². The van der Waals surface area contributed by atoms with Gasteiger partial charge in [-0.2, -0.15) is 0 Å². The highest BCUT2D eigenvalue weighted by atomic mass is 16.5. The highest BCUT2D eigenvalue weighted by Crippen LogP contribution is 2.32. The third-order valence-electron chi connectivity index (χ3n) is 6.92. The maximum atomic E-state index is 13.3. The van der Waals surface area contributed by atoms with Crippen LogP contribution in [-0.4, -0.2) is 80.3 Å². The number of hydrogen-bond donors (Lipinski definition) is 0. The Morgan fingerprint density at radius 2 is 1.70 bits per heavy atom. The zero-order valence-corrected chi connectivity index (χ0v) is 21.6. The zero-order chi connectivity index (χ0) is 25.6. The second-order valence-corrected chi connectivity index (χ2v) is 9.47. The van der Waals surface area contributed by atoms with E-state index in [9.17, 15) is 4.79 Å². The van der Waals surface area contributed by atoms with E-state index in [0.717, 1.165) is 32.8 Å². The van der Waals surface area contributed by atoms with Crippen LogP contribution >= 0.6 is 0 Å². The molecule has 2 aromatic carbocycles. The number of likely N-dealkylation sites (N-methyl/N-ethyl adjacent to an activating group) is 1. The van der Waals surface area contributed by atoms with E-state index in [1.54, 1.807) is 23.2 Å². The summed E-state index contributed by atoms with van der Waals surface area (Å²) in [5, 5.41) is 0. The minimum absolute atomic E-state index is 0.119. The Hall–Kier alpha value is -3.62. The molecule has 1 saturated heterocycles. The molecule has 8 nitrogen and oxygen atoms in total. The van der Waals surface area contributed by atoms with Crippen LogP contribution in [-0.2, 0) is 11.3 Å². The molecule has 0 atom stereocenters. The minimum atomic E-state index is -0.119. The Morgan fingerprint density at radius 1 is 0.892 bits per heavy atom. The summed E-state index contributed by atoms with van der Waals surface area (Å²) >= 11 is 0. The lowest BCUT2D eigenvalue weighted by molar-refractivity contribution is 0.0770. The van der Waals surface area contributed by atoms with E-state index < -0.39 is 0 Å². The lowest BCUT2D eigenvalue weighted by Gasteiger charge is -2.30. The molecule has 1 fully saturated rings. The van der Waals surface area contributed by atoms with Crippen molar-refractivity contribution < 1.29 is 19.0 Å². The van der Waals surface area contributed by atoms with Crippen molar-refractivity contribution in [3.8, 4) is 17.4 Å². The molecule has 2 aliphatic heterocycles. The Labute approximate surface area is 218 Å². The molecule has 3 heterocycles. The number of hydrogen-bond acceptors (Lipinski definition) is 7. The van der Waals surface area contributed by atoms with Crippen LogP contribution in [0.15, 0.2) is 60.8 Å². The molecule has 0 saturated carbocycles. The average Bonchev–Trinajstić information content (AvgIpc) is 2.94. The van der Waals surface area contributed by atoms with Crippen molar-refractivity contribution in [1.82, 2.24) is 14.8 Å². The van der Waals surface area contributed by atoms with Gasteiger partial charge in [0.25, 0.3) is 5.91 Å². The largest absolute Gasteiger partial charge is 0.488 e. The second-order valence-electron chi connectivity index (χ2n) is 9.47. The highest BCUT2D eigenvalue weighted by molar-refractivity contribution is 5.96. The summed E-state index contributed by atoms with van der Waals surface area (Å²) in [5.74, 6) is 1.33. The standard InChI is InChI=1S/C29H34N4O4/c1-22-20-24(33-15-17-35-18-16-33)10-9-23(22)21-32-13-12-31(2)29(34)25-6-5-11-30-28(25)37-27-8-4-3-7-26(27)36-19-14-32/h3-11,20H,12-19,21H2,1-2H3. The first-order valence-electron chi connectivity index (χ1n) is 12.8. The van der Waals surface area contributed by atoms with Gasteiger partial charge in [-0.25, -0.2) is 4.98 Å². The fourth-order valence-corrected chi connectivity index (χ4v) is 4.66. The van der Waals surface area contributed by atoms with E-state index in [0.29, 0.717) is 43.3 Å². The van der Waals surface area contributed by atoms with Gasteiger partial charge >= 0.3 is 0 Å². The van der Waals surface area contributed by atoms with Crippen molar-refractivity contribution in [1.29, 1.82) is 0 Å². The first-order valence-corrected chi connectivity index (χ1v) is 12.8. The number of ether oxygens (including phenoxy) is 3. The van der Waals surface area contributed by atoms with Gasteiger partial charge in [-0.1, -0.05) is 18.2 Å². The number of anilines is 1. The van der Waals surface area contributed by atoms with Crippen molar-refractivity contribution >= 4 is 11.6 Å². The van der Waals surface area contributed by atoms with Crippen LogP contribution in [0, 0.1) is 6.92 Å². The summed E-state index contributed by atoms with van der Waals surface area (Å²) in [4.78, 5) is 24.1. The third-order valence-corrected chi connectivity index (χ3v) is 6.92. The monoisotopic (exact) mass is 502 g/mol. The number of nitrogens with zero attached hydrogens (tertiary/aromatic N) is 4. The smallest absolute Gasteiger partial charge is 0.259 e. The second kappa shape index (κ2) is 11.6. The van der Waals surface area contributed by atoms with Gasteiger partial charge in [0.2, 0.25) is 5.88 Å². The topological polar surface area (TPSA) is 67.4 Å². The molecule has 37 heavy (non-hydrogen) atoms. The van der Waals surface area contributed by atoms with Crippen molar-refractivity contribution in [3.63, 3.8) is 0 Å². The molecule has 0 aliphatic carbocycles. The Morgan fingerprint density at radius 3 is 2.51 bits per heavy atom. The van der Waals surface area contributed by atoms with Crippen LogP contribution in [0.1, 0.15) is 21.5 Å². The van der Waals surface area contributed by atoms with Crippen LogP contribution in [0.2, 0.25) is 0 Å². The average molecular weight is 503 g/mol. The lowest BCUT2D eigenvalue weighted by atomic mass is 10.1. The van der Waals surface area contributed by atoms with E-state index in [1.807, 2.05) is 31.3 Å². The lowest BCUT2D eigenvalue weighted by Crippen LogP contribution is -2.38. The van der Waals surface area contributed by atoms with E-state index in [4.69, 9.17) is 14.2 Å². The van der Waals surface area contributed by atoms with Crippen LogP contribution in [0.3, 0.4) is 0 Å². The third kappa shape index (κ3) is 6.03. The number of fused-ring (bicyclic) bond motifs is 2. The van der Waals surface area contributed by atoms with Crippen molar-refractivity contribution in [3.05, 3.63) is 77.5 Å². The Balaban J connectivity index is 1.36. The fraction of sp³-hybridized carbons (Fsp3) is 0.379. The van der Waals surface area contributed by atoms with Gasteiger partial charge < -0.3 is 24.0 Å². The molecular formula is C29H34N4O4. The maximum Gasteiger partial charge on any atom is 0.259 e. The normalized spacial score (nSPS) is 17.4. The summed E-state index contributed by atoms with van der Waals surface area (Å²) in [6.45, 7) is 8.84. The number of rotatable bonds is 3. The molecule has 3 aromatic rings. The molecule has 0 unspecified atom stereocenters. The first kappa shape index (κ1) is 25.0. The molecule has 5 rings (SSSR count). The number of pyridine rings is 1. The molecular weight excluding hydrogens is 468 g/mol.